The van der Waals surface area contributed by atoms with E-state index in [0.717, 1.165) is 30.1 Å². The van der Waals surface area contributed by atoms with Crippen molar-refractivity contribution in [3.05, 3.63) is 48.3 Å². The number of anilines is 1. The van der Waals surface area contributed by atoms with Crippen LogP contribution in [0.5, 0.6) is 5.75 Å². The zero-order valence-electron chi connectivity index (χ0n) is 16.4. The Labute approximate surface area is 156 Å². The molecule has 0 spiro atoms. The number of carbonyl (C=O) groups excluding carboxylic acids is 1. The number of piperazine rings is 1. The smallest absolute Gasteiger partial charge is 0.255 e. The Hall–Kier alpha value is -2.43. The van der Waals surface area contributed by atoms with Crippen LogP contribution in [0.3, 0.4) is 0 Å². The van der Waals surface area contributed by atoms with Gasteiger partial charge in [-0.05, 0) is 45.9 Å². The molecule has 3 rings (SSSR count). The molecule has 0 bridgehead atoms. The molecule has 1 amide bonds. The Bertz CT molecular complexity index is 776. The molecule has 1 aromatic carbocycles. The number of nitrogens with zero attached hydrogens (tertiary/aromatic N) is 3. The average molecular weight is 355 g/mol. The van der Waals surface area contributed by atoms with Gasteiger partial charge in [-0.15, -0.1) is 0 Å². The molecule has 5 heteroatoms. The normalized spacial score (nSPS) is 18.1. The summed E-state index contributed by atoms with van der Waals surface area (Å²) in [5.74, 6) is 0.988. The first-order chi connectivity index (χ1) is 12.3. The number of rotatable bonds is 3. The van der Waals surface area contributed by atoms with Crippen LogP contribution in [-0.2, 0) is 5.54 Å². The molecule has 1 aliphatic rings. The number of benzene rings is 1. The Kier molecular flexibility index (Phi) is 4.99. The second-order valence-corrected chi connectivity index (χ2v) is 7.94. The highest BCUT2D eigenvalue weighted by atomic mass is 16.5. The molecule has 0 aliphatic carbocycles. The van der Waals surface area contributed by atoms with Gasteiger partial charge < -0.3 is 19.1 Å². The highest BCUT2D eigenvalue weighted by Crippen LogP contribution is 2.30. The maximum atomic E-state index is 13.0. The van der Waals surface area contributed by atoms with E-state index < -0.39 is 0 Å². The fourth-order valence-corrected chi connectivity index (χ4v) is 3.48. The third kappa shape index (κ3) is 3.57. The predicted molar refractivity (Wildman–Crippen MR) is 105 cm³/mol. The van der Waals surface area contributed by atoms with E-state index >= 15 is 0 Å². The van der Waals surface area contributed by atoms with Crippen molar-refractivity contribution < 1.29 is 9.53 Å². The molecule has 0 saturated carbocycles. The number of hydrogen-bond donors (Lipinski definition) is 0. The third-order valence-electron chi connectivity index (χ3n) is 5.03. The largest absolute Gasteiger partial charge is 0.495 e. The lowest BCUT2D eigenvalue weighted by molar-refractivity contribution is 0.0674. The summed E-state index contributed by atoms with van der Waals surface area (Å²) in [6.45, 7) is 10.8. The number of amides is 1. The Morgan fingerprint density at radius 2 is 1.88 bits per heavy atom. The second kappa shape index (κ2) is 7.06. The standard InChI is InChI=1S/C21H29N3O2/c1-16-14-22(18-8-6-7-9-19(18)26-5)12-13-24(16)20(25)17-10-11-23(15-17)21(2,3)4/h6-11,15-16H,12-14H2,1-5H3/t16-/m0/s1. The minimum atomic E-state index is -0.0211. The van der Waals surface area contributed by atoms with Crippen LogP contribution in [0.4, 0.5) is 5.69 Å². The summed E-state index contributed by atoms with van der Waals surface area (Å²) < 4.78 is 7.58. The molecular weight excluding hydrogens is 326 g/mol. The molecule has 0 unspecified atom stereocenters. The van der Waals surface area contributed by atoms with Crippen LogP contribution in [-0.4, -0.2) is 48.2 Å². The van der Waals surface area contributed by atoms with E-state index in [2.05, 4.69) is 43.2 Å². The van der Waals surface area contributed by atoms with Crippen molar-refractivity contribution in [1.29, 1.82) is 0 Å². The zero-order valence-corrected chi connectivity index (χ0v) is 16.4. The average Bonchev–Trinajstić information content (AvgIpc) is 3.11. The van der Waals surface area contributed by atoms with Crippen LogP contribution in [0.15, 0.2) is 42.7 Å². The van der Waals surface area contributed by atoms with E-state index in [1.165, 1.54) is 0 Å². The topological polar surface area (TPSA) is 37.7 Å². The Morgan fingerprint density at radius 3 is 2.50 bits per heavy atom. The van der Waals surface area contributed by atoms with Crippen LogP contribution in [0.1, 0.15) is 38.1 Å². The number of hydrogen-bond acceptors (Lipinski definition) is 3. The van der Waals surface area contributed by atoms with Gasteiger partial charge in [0.1, 0.15) is 5.75 Å². The SMILES string of the molecule is COc1ccccc1N1CCN(C(=O)c2ccn(C(C)(C)C)c2)[C@@H](C)C1. The van der Waals surface area contributed by atoms with Crippen molar-refractivity contribution >= 4 is 11.6 Å². The lowest BCUT2D eigenvalue weighted by atomic mass is 10.1. The molecule has 26 heavy (non-hydrogen) atoms. The van der Waals surface area contributed by atoms with Crippen molar-refractivity contribution in [3.63, 3.8) is 0 Å². The fourth-order valence-electron chi connectivity index (χ4n) is 3.48. The number of aromatic nitrogens is 1. The first-order valence-electron chi connectivity index (χ1n) is 9.18. The van der Waals surface area contributed by atoms with Crippen LogP contribution < -0.4 is 9.64 Å². The minimum Gasteiger partial charge on any atom is -0.495 e. The second-order valence-electron chi connectivity index (χ2n) is 7.94. The molecule has 0 N–H and O–H groups in total. The van der Waals surface area contributed by atoms with Crippen molar-refractivity contribution in [2.75, 3.05) is 31.6 Å². The molecule has 2 aromatic rings. The van der Waals surface area contributed by atoms with Crippen molar-refractivity contribution in [3.8, 4) is 5.75 Å². The van der Waals surface area contributed by atoms with Crippen molar-refractivity contribution in [2.24, 2.45) is 0 Å². The maximum Gasteiger partial charge on any atom is 0.255 e. The van der Waals surface area contributed by atoms with Gasteiger partial charge in [0.25, 0.3) is 5.91 Å². The Balaban J connectivity index is 1.73. The Morgan fingerprint density at radius 1 is 1.15 bits per heavy atom. The fraction of sp³-hybridized carbons (Fsp3) is 0.476. The summed E-state index contributed by atoms with van der Waals surface area (Å²) >= 11 is 0. The van der Waals surface area contributed by atoms with Gasteiger partial charge in [-0.25, -0.2) is 0 Å². The summed E-state index contributed by atoms with van der Waals surface area (Å²) in [4.78, 5) is 17.3. The third-order valence-corrected chi connectivity index (χ3v) is 5.03. The molecule has 2 heterocycles. The zero-order chi connectivity index (χ0) is 18.9. The maximum absolute atomic E-state index is 13.0. The predicted octanol–water partition coefficient (Wildman–Crippen LogP) is 3.60. The lowest BCUT2D eigenvalue weighted by Gasteiger charge is -2.41. The van der Waals surface area contributed by atoms with Crippen LogP contribution in [0.2, 0.25) is 0 Å². The number of para-hydroxylation sites is 2. The molecule has 1 aromatic heterocycles. The lowest BCUT2D eigenvalue weighted by Crippen LogP contribution is -2.54. The highest BCUT2D eigenvalue weighted by Gasteiger charge is 2.30. The van der Waals surface area contributed by atoms with Crippen molar-refractivity contribution in [1.82, 2.24) is 9.47 Å². The summed E-state index contributed by atoms with van der Waals surface area (Å²) in [6, 6.07) is 10.1. The molecular formula is C21H29N3O2. The summed E-state index contributed by atoms with van der Waals surface area (Å²) in [6.07, 6.45) is 3.95. The van der Waals surface area contributed by atoms with Crippen LogP contribution in [0, 0.1) is 0 Å². The summed E-state index contributed by atoms with van der Waals surface area (Å²) in [7, 11) is 1.70. The van der Waals surface area contributed by atoms with E-state index in [0.29, 0.717) is 6.54 Å². The first kappa shape index (κ1) is 18.4. The molecule has 140 valence electrons. The van der Waals surface area contributed by atoms with Gasteiger partial charge in [-0.2, -0.15) is 0 Å². The van der Waals surface area contributed by atoms with Gasteiger partial charge in [0.05, 0.1) is 18.4 Å². The van der Waals surface area contributed by atoms with E-state index in [1.54, 1.807) is 7.11 Å². The van der Waals surface area contributed by atoms with Gasteiger partial charge in [0.15, 0.2) is 0 Å². The number of methoxy groups -OCH3 is 1. The van der Waals surface area contributed by atoms with E-state index in [-0.39, 0.29) is 17.5 Å². The molecule has 1 saturated heterocycles. The monoisotopic (exact) mass is 355 g/mol. The summed E-state index contributed by atoms with van der Waals surface area (Å²) in [5, 5.41) is 0. The van der Waals surface area contributed by atoms with Gasteiger partial charge in [0, 0.05) is 43.6 Å². The van der Waals surface area contributed by atoms with E-state index in [9.17, 15) is 4.79 Å². The molecule has 0 radical (unpaired) electrons. The summed E-state index contributed by atoms with van der Waals surface area (Å²) in [5.41, 5.74) is 1.83. The molecule has 1 atom stereocenters. The molecule has 1 fully saturated rings. The first-order valence-corrected chi connectivity index (χ1v) is 9.18. The molecule has 1 aliphatic heterocycles. The highest BCUT2D eigenvalue weighted by molar-refractivity contribution is 5.94. The van der Waals surface area contributed by atoms with Crippen molar-refractivity contribution in [2.45, 2.75) is 39.3 Å². The van der Waals surface area contributed by atoms with Crippen LogP contribution in [0.25, 0.3) is 0 Å². The molecule has 5 nitrogen and oxygen atoms in total. The van der Waals surface area contributed by atoms with Gasteiger partial charge >= 0.3 is 0 Å². The van der Waals surface area contributed by atoms with E-state index in [1.807, 2.05) is 41.6 Å². The minimum absolute atomic E-state index is 0.0211. The van der Waals surface area contributed by atoms with Gasteiger partial charge in [0.2, 0.25) is 0 Å². The van der Waals surface area contributed by atoms with Gasteiger partial charge in [-0.3, -0.25) is 4.79 Å². The number of ether oxygens (including phenoxy) is 1. The number of carbonyl (C=O) groups is 1. The van der Waals surface area contributed by atoms with E-state index in [4.69, 9.17) is 4.74 Å². The van der Waals surface area contributed by atoms with Gasteiger partial charge in [-0.1, -0.05) is 12.1 Å². The quantitative estimate of drug-likeness (QED) is 0.844. The van der Waals surface area contributed by atoms with Crippen LogP contribution >= 0.6 is 0 Å².